The van der Waals surface area contributed by atoms with Gasteiger partial charge in [-0.1, -0.05) is 18.2 Å². The van der Waals surface area contributed by atoms with Gasteiger partial charge in [0.1, 0.15) is 11.9 Å². The lowest BCUT2D eigenvalue weighted by molar-refractivity contribution is -0.120. The molecule has 1 amide bonds. The van der Waals surface area contributed by atoms with E-state index >= 15 is 0 Å². The van der Waals surface area contributed by atoms with E-state index in [4.69, 9.17) is 0 Å². The molecule has 0 saturated carbocycles. The molecule has 1 aliphatic heterocycles. The maximum absolute atomic E-state index is 12.5. The number of nitrogens with one attached hydrogen (secondary N) is 1. The maximum atomic E-state index is 12.5. The highest BCUT2D eigenvalue weighted by molar-refractivity contribution is 5.99. The van der Waals surface area contributed by atoms with Crippen molar-refractivity contribution in [1.29, 1.82) is 0 Å². The van der Waals surface area contributed by atoms with Gasteiger partial charge < -0.3 is 10.2 Å². The Bertz CT molecular complexity index is 573. The molecular formula is C15H16N4O. The van der Waals surface area contributed by atoms with Crippen LogP contribution >= 0.6 is 0 Å². The van der Waals surface area contributed by atoms with Crippen LogP contribution in [0, 0.1) is 0 Å². The lowest BCUT2D eigenvalue weighted by Gasteiger charge is -2.32. The summed E-state index contributed by atoms with van der Waals surface area (Å²) in [6, 6.07) is 9.53. The molecular weight excluding hydrogens is 252 g/mol. The molecule has 2 heterocycles. The molecule has 0 spiro atoms. The van der Waals surface area contributed by atoms with E-state index in [-0.39, 0.29) is 11.9 Å². The zero-order valence-corrected chi connectivity index (χ0v) is 11.1. The van der Waals surface area contributed by atoms with E-state index in [0.29, 0.717) is 5.82 Å². The molecule has 3 rings (SSSR count). The average Bonchev–Trinajstić information content (AvgIpc) is 2.51. The second-order valence-electron chi connectivity index (χ2n) is 4.76. The Kier molecular flexibility index (Phi) is 3.58. The number of amides is 1. The quantitative estimate of drug-likeness (QED) is 0.926. The Balaban J connectivity index is 1.76. The summed E-state index contributed by atoms with van der Waals surface area (Å²) in [5, 5.41) is 3.17. The van der Waals surface area contributed by atoms with Gasteiger partial charge in [-0.2, -0.15) is 0 Å². The van der Waals surface area contributed by atoms with E-state index in [1.807, 2.05) is 35.2 Å². The Morgan fingerprint density at radius 2 is 2.05 bits per heavy atom. The van der Waals surface area contributed by atoms with Gasteiger partial charge in [-0.05, 0) is 25.0 Å². The van der Waals surface area contributed by atoms with Crippen molar-refractivity contribution in [3.8, 4) is 0 Å². The van der Waals surface area contributed by atoms with Gasteiger partial charge in [0.05, 0.1) is 6.20 Å². The molecule has 5 nitrogen and oxygen atoms in total. The minimum absolute atomic E-state index is 0.0908. The van der Waals surface area contributed by atoms with Crippen molar-refractivity contribution in [2.45, 2.75) is 18.9 Å². The van der Waals surface area contributed by atoms with Gasteiger partial charge in [0.25, 0.3) is 0 Å². The predicted octanol–water partition coefficient (Wildman–Crippen LogP) is 2.08. The molecule has 1 aromatic heterocycles. The van der Waals surface area contributed by atoms with Crippen LogP contribution in [0.1, 0.15) is 12.8 Å². The summed E-state index contributed by atoms with van der Waals surface area (Å²) in [5.74, 6) is 0.730. The predicted molar refractivity (Wildman–Crippen MR) is 77.5 cm³/mol. The molecule has 1 aromatic carbocycles. The van der Waals surface area contributed by atoms with Gasteiger partial charge in [0, 0.05) is 24.6 Å². The van der Waals surface area contributed by atoms with Crippen LogP contribution in [-0.4, -0.2) is 28.5 Å². The van der Waals surface area contributed by atoms with Crippen LogP contribution in [0.5, 0.6) is 0 Å². The number of nitrogens with zero attached hydrogens (tertiary/aromatic N) is 3. The Morgan fingerprint density at radius 3 is 2.80 bits per heavy atom. The van der Waals surface area contributed by atoms with Gasteiger partial charge in [-0.25, -0.2) is 4.98 Å². The number of carbonyl (C=O) groups excluding carboxylic acids is 1. The molecule has 0 unspecified atom stereocenters. The first kappa shape index (κ1) is 12.6. The van der Waals surface area contributed by atoms with Crippen molar-refractivity contribution in [3.05, 3.63) is 48.9 Å². The van der Waals surface area contributed by atoms with Crippen LogP contribution in [0.25, 0.3) is 0 Å². The fraction of sp³-hybridized carbons (Fsp3) is 0.267. The minimum Gasteiger partial charge on any atom is -0.357 e. The molecule has 2 aromatic rings. The van der Waals surface area contributed by atoms with Gasteiger partial charge >= 0.3 is 0 Å². The summed E-state index contributed by atoms with van der Waals surface area (Å²) < 4.78 is 0. The third-order valence-electron chi connectivity index (χ3n) is 3.39. The zero-order valence-electron chi connectivity index (χ0n) is 11.1. The number of rotatable bonds is 3. The molecule has 1 saturated heterocycles. The number of hydrogen-bond donors (Lipinski definition) is 1. The SMILES string of the molecule is O=C1[C@H](Nc2cnccn2)CCCN1c1ccccc1. The van der Waals surface area contributed by atoms with Crippen molar-refractivity contribution < 1.29 is 4.79 Å². The minimum atomic E-state index is -0.236. The molecule has 5 heteroatoms. The number of carbonyl (C=O) groups is 1. The fourth-order valence-electron chi connectivity index (χ4n) is 2.43. The van der Waals surface area contributed by atoms with Crippen molar-refractivity contribution in [3.63, 3.8) is 0 Å². The molecule has 1 fully saturated rings. The molecule has 0 radical (unpaired) electrons. The second-order valence-corrected chi connectivity index (χ2v) is 4.76. The number of hydrogen-bond acceptors (Lipinski definition) is 4. The largest absolute Gasteiger partial charge is 0.357 e. The van der Waals surface area contributed by atoms with Crippen molar-refractivity contribution in [2.75, 3.05) is 16.8 Å². The monoisotopic (exact) mass is 268 g/mol. The maximum Gasteiger partial charge on any atom is 0.249 e. The van der Waals surface area contributed by atoms with Crippen LogP contribution in [0.3, 0.4) is 0 Å². The third-order valence-corrected chi connectivity index (χ3v) is 3.39. The van der Waals surface area contributed by atoms with Crippen LogP contribution in [0.4, 0.5) is 11.5 Å². The first-order chi connectivity index (χ1) is 9.84. The first-order valence-electron chi connectivity index (χ1n) is 6.73. The number of aromatic nitrogens is 2. The van der Waals surface area contributed by atoms with Crippen molar-refractivity contribution in [2.24, 2.45) is 0 Å². The molecule has 102 valence electrons. The van der Waals surface area contributed by atoms with Gasteiger partial charge in [-0.3, -0.25) is 9.78 Å². The highest BCUT2D eigenvalue weighted by Crippen LogP contribution is 2.22. The summed E-state index contributed by atoms with van der Waals surface area (Å²) in [6.45, 7) is 0.765. The molecule has 1 aliphatic rings. The van der Waals surface area contributed by atoms with Gasteiger partial charge in [0.2, 0.25) is 5.91 Å². The highest BCUT2D eigenvalue weighted by atomic mass is 16.2. The lowest BCUT2D eigenvalue weighted by Crippen LogP contribution is -2.47. The smallest absolute Gasteiger partial charge is 0.249 e. The second kappa shape index (κ2) is 5.69. The fourth-order valence-corrected chi connectivity index (χ4v) is 2.43. The summed E-state index contributed by atoms with van der Waals surface area (Å²) in [7, 11) is 0. The van der Waals surface area contributed by atoms with Crippen LogP contribution in [0.2, 0.25) is 0 Å². The Labute approximate surface area is 117 Å². The average molecular weight is 268 g/mol. The van der Waals surface area contributed by atoms with Crippen molar-refractivity contribution in [1.82, 2.24) is 9.97 Å². The number of para-hydroxylation sites is 1. The summed E-state index contributed by atoms with van der Waals surface area (Å²) in [4.78, 5) is 22.5. The summed E-state index contributed by atoms with van der Waals surface area (Å²) in [6.07, 6.45) is 6.65. The molecule has 20 heavy (non-hydrogen) atoms. The van der Waals surface area contributed by atoms with E-state index in [9.17, 15) is 4.79 Å². The van der Waals surface area contributed by atoms with E-state index in [1.54, 1.807) is 18.6 Å². The topological polar surface area (TPSA) is 58.1 Å². The molecule has 1 N–H and O–H groups in total. The Morgan fingerprint density at radius 1 is 1.20 bits per heavy atom. The van der Waals surface area contributed by atoms with E-state index < -0.39 is 0 Å². The summed E-state index contributed by atoms with van der Waals surface area (Å²) in [5.41, 5.74) is 0.947. The van der Waals surface area contributed by atoms with Gasteiger partial charge in [-0.15, -0.1) is 0 Å². The highest BCUT2D eigenvalue weighted by Gasteiger charge is 2.29. The lowest BCUT2D eigenvalue weighted by atomic mass is 10.0. The number of anilines is 2. The normalized spacial score (nSPS) is 18.9. The first-order valence-corrected chi connectivity index (χ1v) is 6.73. The van der Waals surface area contributed by atoms with Crippen LogP contribution in [0.15, 0.2) is 48.9 Å². The summed E-state index contributed by atoms with van der Waals surface area (Å²) >= 11 is 0. The van der Waals surface area contributed by atoms with E-state index in [1.165, 1.54) is 0 Å². The third kappa shape index (κ3) is 2.61. The molecule has 1 atom stereocenters. The van der Waals surface area contributed by atoms with Crippen LogP contribution < -0.4 is 10.2 Å². The van der Waals surface area contributed by atoms with Crippen LogP contribution in [-0.2, 0) is 4.79 Å². The Hall–Kier alpha value is -2.43. The van der Waals surface area contributed by atoms with E-state index in [0.717, 1.165) is 25.1 Å². The van der Waals surface area contributed by atoms with E-state index in [2.05, 4.69) is 15.3 Å². The molecule has 0 aliphatic carbocycles. The standard InChI is InChI=1S/C15H16N4O/c20-15-13(18-14-11-16-8-9-17-14)7-4-10-19(15)12-5-2-1-3-6-12/h1-3,5-6,8-9,11,13H,4,7,10H2,(H,17,18)/t13-/m1/s1. The molecule has 0 bridgehead atoms. The zero-order chi connectivity index (χ0) is 13.8. The number of piperidine rings is 1. The van der Waals surface area contributed by atoms with Crippen molar-refractivity contribution >= 4 is 17.4 Å². The number of benzene rings is 1. The van der Waals surface area contributed by atoms with Gasteiger partial charge in [0.15, 0.2) is 0 Å².